The average Bonchev–Trinajstić information content (AvgIpc) is 2.75. The van der Waals surface area contributed by atoms with Crippen molar-refractivity contribution >= 4 is 0 Å². The predicted molar refractivity (Wildman–Crippen MR) is 120 cm³/mol. The third-order valence-electron chi connectivity index (χ3n) is 5.74. The van der Waals surface area contributed by atoms with Gasteiger partial charge in [0.1, 0.15) is 12.3 Å². The summed E-state index contributed by atoms with van der Waals surface area (Å²) >= 11 is 0. The fourth-order valence-corrected chi connectivity index (χ4v) is 4.12. The first kappa shape index (κ1) is 24.0. The van der Waals surface area contributed by atoms with E-state index in [1.54, 1.807) is 6.07 Å². The van der Waals surface area contributed by atoms with E-state index in [9.17, 15) is 8.78 Å². The van der Waals surface area contributed by atoms with Crippen molar-refractivity contribution in [2.45, 2.75) is 70.8 Å². The molecule has 2 aromatic rings. The van der Waals surface area contributed by atoms with Gasteiger partial charge in [-0.1, -0.05) is 61.5 Å². The van der Waals surface area contributed by atoms with Crippen LogP contribution in [0, 0.1) is 11.3 Å². The Kier molecular flexibility index (Phi) is 10.5. The molecule has 1 aliphatic rings. The zero-order valence-electron chi connectivity index (χ0n) is 18.2. The molecule has 3 rings (SSSR count). The molecule has 0 saturated heterocycles. The van der Waals surface area contributed by atoms with E-state index in [2.05, 4.69) is 48.2 Å². The highest BCUT2D eigenvalue weighted by molar-refractivity contribution is 5.28. The Morgan fingerprint density at radius 3 is 2.13 bits per heavy atom. The summed E-state index contributed by atoms with van der Waals surface area (Å²) in [4.78, 5) is 2.45. The van der Waals surface area contributed by atoms with Gasteiger partial charge in [0.05, 0.1) is 6.07 Å². The number of benzene rings is 2. The van der Waals surface area contributed by atoms with Crippen molar-refractivity contribution in [3.8, 4) is 6.07 Å². The second kappa shape index (κ2) is 13.1. The third kappa shape index (κ3) is 7.54. The molecule has 0 amide bonds. The lowest BCUT2D eigenvalue weighted by molar-refractivity contribution is 0.124. The molecule has 0 spiro atoms. The number of aryl methyl sites for hydroxylation is 1. The van der Waals surface area contributed by atoms with Crippen LogP contribution in [0.3, 0.4) is 0 Å². The Bertz CT molecular complexity index is 745. The van der Waals surface area contributed by atoms with E-state index >= 15 is 0 Å². The predicted octanol–water partition coefficient (Wildman–Crippen LogP) is 6.61. The summed E-state index contributed by atoms with van der Waals surface area (Å²) < 4.78 is 28.3. The number of nitrogens with zero attached hydrogens (tertiary/aromatic N) is 2. The number of halogens is 2. The van der Waals surface area contributed by atoms with Gasteiger partial charge in [-0.2, -0.15) is 5.26 Å². The lowest BCUT2D eigenvalue weighted by Gasteiger charge is -2.29. The molecule has 0 N–H and O–H groups in total. The Morgan fingerprint density at radius 1 is 0.967 bits per heavy atom. The van der Waals surface area contributed by atoms with Crippen molar-refractivity contribution in [2.75, 3.05) is 13.1 Å². The number of hydrogen-bond donors (Lipinski definition) is 0. The van der Waals surface area contributed by atoms with Gasteiger partial charge in [0.2, 0.25) is 0 Å². The second-order valence-electron chi connectivity index (χ2n) is 7.91. The summed E-state index contributed by atoms with van der Waals surface area (Å²) in [5.74, 6) is -0.575. The molecule has 0 heterocycles. The highest BCUT2D eigenvalue weighted by Crippen LogP contribution is 2.37. The molecule has 2 atom stereocenters. The lowest BCUT2D eigenvalue weighted by atomic mass is 9.81. The molecule has 162 valence electrons. The molecule has 0 radical (unpaired) electrons. The highest BCUT2D eigenvalue weighted by atomic mass is 19.1. The molecule has 1 aliphatic carbocycles. The molecule has 0 aliphatic heterocycles. The Balaban J connectivity index is 0.00000101. The van der Waals surface area contributed by atoms with Crippen molar-refractivity contribution < 1.29 is 8.78 Å². The van der Waals surface area contributed by atoms with Crippen LogP contribution in [0.25, 0.3) is 0 Å². The van der Waals surface area contributed by atoms with Crippen LogP contribution < -0.4 is 0 Å². The molecule has 0 aromatic heterocycles. The fourth-order valence-electron chi connectivity index (χ4n) is 4.12. The zero-order valence-corrected chi connectivity index (χ0v) is 18.2. The van der Waals surface area contributed by atoms with Crippen LogP contribution in [0.5, 0.6) is 0 Å². The van der Waals surface area contributed by atoms with Crippen LogP contribution in [-0.4, -0.2) is 30.3 Å². The van der Waals surface area contributed by atoms with Gasteiger partial charge in [0.15, 0.2) is 0 Å². The van der Waals surface area contributed by atoms with Gasteiger partial charge in [0, 0.05) is 19.4 Å². The van der Waals surface area contributed by atoms with Gasteiger partial charge in [-0.05, 0) is 61.9 Å². The lowest BCUT2D eigenvalue weighted by Crippen LogP contribution is -2.28. The Morgan fingerprint density at radius 2 is 1.57 bits per heavy atom. The highest BCUT2D eigenvalue weighted by Gasteiger charge is 2.34. The molecule has 2 unspecified atom stereocenters. The van der Waals surface area contributed by atoms with E-state index in [0.29, 0.717) is 19.3 Å². The summed E-state index contributed by atoms with van der Waals surface area (Å²) in [6.07, 6.45) is 1.62. The summed E-state index contributed by atoms with van der Waals surface area (Å²) in [6.45, 7) is 6.69. The minimum absolute atomic E-state index is 0.487. The summed E-state index contributed by atoms with van der Waals surface area (Å²) in [5, 5.41) is 7.32. The van der Waals surface area contributed by atoms with E-state index in [1.807, 2.05) is 18.2 Å². The largest absolute Gasteiger partial charge is 0.299 e. The van der Waals surface area contributed by atoms with Crippen molar-refractivity contribution in [3.63, 3.8) is 0 Å². The molecule has 0 bridgehead atoms. The molecule has 30 heavy (non-hydrogen) atoms. The standard InChI is InChI=1S/C24H31F2N.C2H3N/c1-2-27(18-20-8-4-3-5-9-20)17-7-10-19-13-15-21(16-14-19)24-22(25)11-6-12-23(24)26;1-2-3/h3-5,8-9,13-16,22-24H,2,6-7,10-12,17-18H2,1H3;1H3. The molecule has 2 aromatic carbocycles. The molecule has 2 nitrogen and oxygen atoms in total. The smallest absolute Gasteiger partial charge is 0.110 e. The van der Waals surface area contributed by atoms with Gasteiger partial charge in [0.25, 0.3) is 0 Å². The fraction of sp³-hybridized carbons (Fsp3) is 0.500. The minimum Gasteiger partial charge on any atom is -0.299 e. The first-order chi connectivity index (χ1) is 14.6. The molecular weight excluding hydrogens is 378 g/mol. The van der Waals surface area contributed by atoms with E-state index < -0.39 is 18.3 Å². The van der Waals surface area contributed by atoms with E-state index in [1.165, 1.54) is 18.1 Å². The minimum atomic E-state index is -1.05. The number of hydrogen-bond acceptors (Lipinski definition) is 2. The summed E-state index contributed by atoms with van der Waals surface area (Å²) in [5.41, 5.74) is 3.41. The van der Waals surface area contributed by atoms with E-state index in [4.69, 9.17) is 5.26 Å². The SMILES string of the molecule is CC#N.CCN(CCCc1ccc(C2C(F)CCCC2F)cc1)Cc1ccccc1. The van der Waals surface area contributed by atoms with Crippen molar-refractivity contribution in [2.24, 2.45) is 0 Å². The maximum atomic E-state index is 14.1. The Labute approximate surface area is 180 Å². The van der Waals surface area contributed by atoms with Crippen LogP contribution in [0.4, 0.5) is 8.78 Å². The maximum absolute atomic E-state index is 14.1. The van der Waals surface area contributed by atoms with Gasteiger partial charge in [-0.3, -0.25) is 4.90 Å². The van der Waals surface area contributed by atoms with Crippen LogP contribution >= 0.6 is 0 Å². The van der Waals surface area contributed by atoms with Gasteiger partial charge in [-0.15, -0.1) is 0 Å². The molecular formula is C26H34F2N2. The Hall–Kier alpha value is -2.25. The van der Waals surface area contributed by atoms with Crippen molar-refractivity contribution in [3.05, 3.63) is 71.3 Å². The van der Waals surface area contributed by atoms with Crippen LogP contribution in [0.1, 0.15) is 62.1 Å². The van der Waals surface area contributed by atoms with E-state index in [0.717, 1.165) is 38.0 Å². The van der Waals surface area contributed by atoms with Gasteiger partial charge < -0.3 is 0 Å². The topological polar surface area (TPSA) is 27.0 Å². The summed E-state index contributed by atoms with van der Waals surface area (Å²) in [6, 6.07) is 20.3. The molecule has 4 heteroatoms. The molecule has 1 saturated carbocycles. The van der Waals surface area contributed by atoms with Crippen molar-refractivity contribution in [1.29, 1.82) is 5.26 Å². The van der Waals surface area contributed by atoms with Gasteiger partial charge >= 0.3 is 0 Å². The second-order valence-corrected chi connectivity index (χ2v) is 7.91. The van der Waals surface area contributed by atoms with Crippen LogP contribution in [0.2, 0.25) is 0 Å². The number of rotatable bonds is 8. The number of alkyl halides is 2. The van der Waals surface area contributed by atoms with Crippen molar-refractivity contribution in [1.82, 2.24) is 4.90 Å². The quantitative estimate of drug-likeness (QED) is 0.487. The maximum Gasteiger partial charge on any atom is 0.110 e. The normalized spacial score (nSPS) is 20.9. The summed E-state index contributed by atoms with van der Waals surface area (Å²) in [7, 11) is 0. The monoisotopic (exact) mass is 412 g/mol. The van der Waals surface area contributed by atoms with E-state index in [-0.39, 0.29) is 0 Å². The molecule has 1 fully saturated rings. The van der Waals surface area contributed by atoms with Crippen LogP contribution in [0.15, 0.2) is 54.6 Å². The third-order valence-corrected chi connectivity index (χ3v) is 5.74. The first-order valence-corrected chi connectivity index (χ1v) is 11.0. The average molecular weight is 413 g/mol. The zero-order chi connectivity index (χ0) is 21.8. The van der Waals surface area contributed by atoms with Gasteiger partial charge in [-0.25, -0.2) is 8.78 Å². The number of nitriles is 1. The first-order valence-electron chi connectivity index (χ1n) is 11.0. The van der Waals surface area contributed by atoms with Crippen LogP contribution in [-0.2, 0) is 13.0 Å².